The summed E-state index contributed by atoms with van der Waals surface area (Å²) in [5.74, 6) is 0. The van der Waals surface area contributed by atoms with Crippen molar-refractivity contribution in [2.75, 3.05) is 6.54 Å². The summed E-state index contributed by atoms with van der Waals surface area (Å²) in [6, 6.07) is 7.95. The molecule has 2 heterocycles. The third kappa shape index (κ3) is 5.71. The lowest BCUT2D eigenvalue weighted by molar-refractivity contribution is 0.00578. The van der Waals surface area contributed by atoms with Gasteiger partial charge in [-0.05, 0) is 83.9 Å². The van der Waals surface area contributed by atoms with Crippen molar-refractivity contribution in [1.82, 2.24) is 14.9 Å². The molecule has 3 rings (SSSR count). The zero-order valence-corrected chi connectivity index (χ0v) is 20.6. The molecule has 2 aromatic rings. The average Bonchev–Trinajstić information content (AvgIpc) is 3.17. The molecule has 0 radical (unpaired) electrons. The molecular formula is C23H32BN3O4S. The van der Waals surface area contributed by atoms with Gasteiger partial charge in [0, 0.05) is 24.6 Å². The van der Waals surface area contributed by atoms with E-state index in [1.54, 1.807) is 6.20 Å². The third-order valence-corrected chi connectivity index (χ3v) is 5.88. The fourth-order valence-corrected chi connectivity index (χ4v) is 3.39. The second-order valence-corrected chi connectivity index (χ2v) is 10.3. The number of imidazole rings is 1. The van der Waals surface area contributed by atoms with E-state index >= 15 is 0 Å². The summed E-state index contributed by atoms with van der Waals surface area (Å²) in [4.78, 5) is 15.2. The summed E-state index contributed by atoms with van der Waals surface area (Å²) in [7, 11) is -0.590. The van der Waals surface area contributed by atoms with Crippen LogP contribution < -0.4 is 5.32 Å². The van der Waals surface area contributed by atoms with E-state index in [2.05, 4.69) is 10.3 Å². The number of H-pyrrole nitrogens is 1. The summed E-state index contributed by atoms with van der Waals surface area (Å²) in [6.45, 7) is 13.7. The van der Waals surface area contributed by atoms with Crippen LogP contribution in [0.5, 0.6) is 0 Å². The monoisotopic (exact) mass is 457 g/mol. The van der Waals surface area contributed by atoms with Crippen LogP contribution in [0, 0.1) is 4.77 Å². The van der Waals surface area contributed by atoms with Gasteiger partial charge in [0.05, 0.1) is 11.2 Å². The second-order valence-electron chi connectivity index (χ2n) is 9.89. The highest BCUT2D eigenvalue weighted by Crippen LogP contribution is 2.38. The van der Waals surface area contributed by atoms with Crippen LogP contribution in [0.4, 0.5) is 4.79 Å². The molecule has 0 bridgehead atoms. The summed E-state index contributed by atoms with van der Waals surface area (Å²) >= 11 is 5.29. The normalized spacial score (nSPS) is 18.0. The first-order valence-corrected chi connectivity index (χ1v) is 11.1. The SMILES string of the molecule is CC(C)(C)OC(=O)NCC(=Cc1ccc(-n2cc[nH]c2=S)cc1)B1OC(C)(C)C(C)(C)O1. The number of amides is 1. The average molecular weight is 457 g/mol. The van der Waals surface area contributed by atoms with Gasteiger partial charge in [0.15, 0.2) is 4.77 Å². The number of hydrogen-bond donors (Lipinski definition) is 2. The number of nitrogens with zero attached hydrogens (tertiary/aromatic N) is 1. The summed E-state index contributed by atoms with van der Waals surface area (Å²) in [5.41, 5.74) is 1.15. The Bertz CT molecular complexity index is 1030. The van der Waals surface area contributed by atoms with Crippen LogP contribution in [0.2, 0.25) is 0 Å². The van der Waals surface area contributed by atoms with E-state index in [0.29, 0.717) is 4.77 Å². The number of ether oxygens (including phenoxy) is 1. The number of nitrogens with one attached hydrogen (secondary N) is 2. The molecule has 9 heteroatoms. The Morgan fingerprint density at radius 1 is 1.19 bits per heavy atom. The maximum Gasteiger partial charge on any atom is 0.492 e. The molecule has 1 aromatic heterocycles. The van der Waals surface area contributed by atoms with Crippen molar-refractivity contribution in [2.24, 2.45) is 0 Å². The highest BCUT2D eigenvalue weighted by molar-refractivity contribution is 7.71. The number of aromatic nitrogens is 2. The molecule has 1 aliphatic heterocycles. The van der Waals surface area contributed by atoms with Crippen molar-refractivity contribution in [1.29, 1.82) is 0 Å². The Kier molecular flexibility index (Phi) is 6.74. The minimum atomic E-state index is -0.590. The number of alkyl carbamates (subject to hydrolysis) is 1. The highest BCUT2D eigenvalue weighted by atomic mass is 32.1. The highest BCUT2D eigenvalue weighted by Gasteiger charge is 2.52. The van der Waals surface area contributed by atoms with Crippen molar-refractivity contribution in [3.8, 4) is 5.69 Å². The van der Waals surface area contributed by atoms with Crippen molar-refractivity contribution >= 4 is 31.5 Å². The Morgan fingerprint density at radius 2 is 1.78 bits per heavy atom. The molecule has 1 saturated heterocycles. The van der Waals surface area contributed by atoms with Crippen LogP contribution in [0.1, 0.15) is 54.0 Å². The minimum absolute atomic E-state index is 0.233. The Morgan fingerprint density at radius 3 is 2.28 bits per heavy atom. The molecule has 0 saturated carbocycles. The topological polar surface area (TPSA) is 77.5 Å². The number of carbonyl (C=O) groups is 1. The zero-order valence-electron chi connectivity index (χ0n) is 19.8. The maximum absolute atomic E-state index is 12.2. The molecule has 0 atom stereocenters. The van der Waals surface area contributed by atoms with Crippen molar-refractivity contribution < 1.29 is 18.8 Å². The van der Waals surface area contributed by atoms with Gasteiger partial charge in [-0.25, -0.2) is 4.79 Å². The Balaban J connectivity index is 1.85. The molecule has 32 heavy (non-hydrogen) atoms. The lowest BCUT2D eigenvalue weighted by Crippen LogP contribution is -2.41. The van der Waals surface area contributed by atoms with Crippen molar-refractivity contribution in [2.45, 2.75) is 65.3 Å². The van der Waals surface area contributed by atoms with Gasteiger partial charge in [-0.2, -0.15) is 0 Å². The van der Waals surface area contributed by atoms with Gasteiger partial charge in [-0.1, -0.05) is 18.2 Å². The molecule has 1 aliphatic rings. The molecular weight excluding hydrogens is 425 g/mol. The van der Waals surface area contributed by atoms with Crippen LogP contribution in [0.3, 0.4) is 0 Å². The standard InChI is InChI=1S/C23H32BN3O4S/c1-21(2,3)29-20(28)26-15-17(24-30-22(4,5)23(6,7)31-24)14-16-8-10-18(11-9-16)27-13-12-25-19(27)32/h8-14H,15H2,1-7H3,(H,25,32)(H,26,28). The van der Waals surface area contributed by atoms with E-state index in [9.17, 15) is 4.79 Å². The molecule has 0 unspecified atom stereocenters. The van der Waals surface area contributed by atoms with Crippen LogP contribution >= 0.6 is 12.2 Å². The van der Waals surface area contributed by atoms with Crippen LogP contribution in [0.25, 0.3) is 11.8 Å². The lowest BCUT2D eigenvalue weighted by atomic mass is 9.77. The summed E-state index contributed by atoms with van der Waals surface area (Å²) in [5, 5.41) is 2.82. The number of aromatic amines is 1. The van der Waals surface area contributed by atoms with Gasteiger partial charge in [0.25, 0.3) is 0 Å². The van der Waals surface area contributed by atoms with Gasteiger partial charge in [0.1, 0.15) is 5.60 Å². The molecule has 2 N–H and O–H groups in total. The quantitative estimate of drug-likeness (QED) is 0.484. The van der Waals surface area contributed by atoms with Crippen LogP contribution in [-0.2, 0) is 14.0 Å². The number of rotatable bonds is 5. The zero-order chi connectivity index (χ0) is 23.7. The first-order valence-electron chi connectivity index (χ1n) is 10.7. The summed E-state index contributed by atoms with van der Waals surface area (Å²) in [6.07, 6.45) is 5.17. The van der Waals surface area contributed by atoms with Gasteiger partial charge in [-0.3, -0.25) is 4.57 Å². The smallest absolute Gasteiger partial charge is 0.444 e. The molecule has 7 nitrogen and oxygen atoms in total. The molecule has 1 amide bonds. The predicted octanol–water partition coefficient (Wildman–Crippen LogP) is 5.07. The van der Waals surface area contributed by atoms with Gasteiger partial charge < -0.3 is 24.3 Å². The predicted molar refractivity (Wildman–Crippen MR) is 129 cm³/mol. The third-order valence-electron chi connectivity index (χ3n) is 5.56. The Labute approximate surface area is 195 Å². The fraction of sp³-hybridized carbons (Fsp3) is 0.478. The van der Waals surface area contributed by atoms with E-state index in [1.165, 1.54) is 0 Å². The van der Waals surface area contributed by atoms with Crippen molar-refractivity contribution in [3.63, 3.8) is 0 Å². The number of benzene rings is 1. The van der Waals surface area contributed by atoms with Crippen LogP contribution in [0.15, 0.2) is 42.1 Å². The number of hydrogen-bond acceptors (Lipinski definition) is 5. The van der Waals surface area contributed by atoms with E-state index in [1.807, 2.05) is 89.6 Å². The minimum Gasteiger partial charge on any atom is -0.444 e. The first kappa shape index (κ1) is 24.3. The van der Waals surface area contributed by atoms with E-state index < -0.39 is 30.0 Å². The van der Waals surface area contributed by atoms with Crippen molar-refractivity contribution in [3.05, 3.63) is 52.5 Å². The fourth-order valence-electron chi connectivity index (χ4n) is 3.15. The molecule has 1 aromatic carbocycles. The van der Waals surface area contributed by atoms with Crippen LogP contribution in [-0.4, -0.2) is 46.1 Å². The van der Waals surface area contributed by atoms with Gasteiger partial charge in [-0.15, -0.1) is 0 Å². The van der Waals surface area contributed by atoms with E-state index in [4.69, 9.17) is 26.3 Å². The lowest BCUT2D eigenvalue weighted by Gasteiger charge is -2.32. The second kappa shape index (κ2) is 8.88. The summed E-state index contributed by atoms with van der Waals surface area (Å²) < 4.78 is 20.4. The van der Waals surface area contributed by atoms with Gasteiger partial charge >= 0.3 is 13.2 Å². The maximum atomic E-state index is 12.2. The van der Waals surface area contributed by atoms with E-state index in [-0.39, 0.29) is 6.54 Å². The molecule has 172 valence electrons. The molecule has 0 spiro atoms. The van der Waals surface area contributed by atoms with E-state index in [0.717, 1.165) is 16.7 Å². The largest absolute Gasteiger partial charge is 0.492 e. The Hall–Kier alpha value is -2.36. The molecule has 1 fully saturated rings. The number of carbonyl (C=O) groups excluding carboxylic acids is 1. The molecule has 0 aliphatic carbocycles. The van der Waals surface area contributed by atoms with Gasteiger partial charge in [0.2, 0.25) is 0 Å². The first-order chi connectivity index (χ1) is 14.8.